The van der Waals surface area contributed by atoms with Gasteiger partial charge in [0.15, 0.2) is 5.84 Å². The standard InChI is InChI=1S/C47H57ClN9O5P.CH5N/c1-49-29-35(48)44(51-37-9-5-6-11-41(37)63(3)4)50-36-13-12-33(28-40(36)62-2)54-22-18-32(19-23-54)55-26-24-53(25-27-55)30-31-16-20-56(21-17-31)38-10-7-8-34-43(38)47(61)57(46(34)60)39-14-15-42(58)52-45(39)59;1-2/h5-13,28-29,31-32,39H,1,14-27,30H2,2-4H3,(H,50,51)(H,52,58,59);2H2,1H3/b35-29+;. The summed E-state index contributed by atoms with van der Waals surface area (Å²) in [5, 5.41) is 7.29. The van der Waals surface area contributed by atoms with Gasteiger partial charge in [-0.3, -0.25) is 39.3 Å². The fourth-order valence-corrected chi connectivity index (χ4v) is 10.9. The topological polar surface area (TPSA) is 169 Å². The van der Waals surface area contributed by atoms with Gasteiger partial charge in [0.1, 0.15) is 22.5 Å². The molecule has 0 aromatic heterocycles. The number of aliphatic imine (C=N–C) groups is 2. The lowest BCUT2D eigenvalue weighted by molar-refractivity contribution is -0.136. The fraction of sp³-hybridized carbons (Fsp3) is 0.458. The second kappa shape index (κ2) is 21.9. The number of benzene rings is 3. The molecule has 346 valence electrons. The molecular weight excluding hydrogens is 863 g/mol. The Morgan fingerprint density at radius 2 is 1.60 bits per heavy atom. The molecule has 4 saturated heterocycles. The third kappa shape index (κ3) is 10.8. The molecular formula is C48H62ClN10O5P. The number of piperazine rings is 1. The van der Waals surface area contributed by atoms with Crippen molar-refractivity contribution in [3.8, 4) is 5.75 Å². The van der Waals surface area contributed by atoms with E-state index in [-0.39, 0.29) is 26.7 Å². The van der Waals surface area contributed by atoms with Crippen molar-refractivity contribution in [3.05, 3.63) is 83.0 Å². The number of rotatable bonds is 12. The van der Waals surface area contributed by atoms with Gasteiger partial charge in [-0.2, -0.15) is 0 Å². The number of methoxy groups -OCH3 is 1. The maximum Gasteiger partial charge on any atom is 0.264 e. The Kier molecular flexibility index (Phi) is 16.1. The summed E-state index contributed by atoms with van der Waals surface area (Å²) in [7, 11) is 2.81. The molecule has 4 fully saturated rings. The summed E-state index contributed by atoms with van der Waals surface area (Å²) >= 11 is 6.68. The molecule has 0 bridgehead atoms. The third-order valence-corrected chi connectivity index (χ3v) is 14.8. The van der Waals surface area contributed by atoms with Crippen LogP contribution in [0.5, 0.6) is 5.75 Å². The number of nitrogens with zero attached hydrogens (tertiary/aromatic N) is 7. The number of ether oxygens (including phenoxy) is 1. The number of anilines is 3. The van der Waals surface area contributed by atoms with Crippen molar-refractivity contribution in [2.45, 2.75) is 50.6 Å². The van der Waals surface area contributed by atoms with Crippen LogP contribution in [0.2, 0.25) is 0 Å². The summed E-state index contributed by atoms with van der Waals surface area (Å²) in [6, 6.07) is 19.3. The van der Waals surface area contributed by atoms with Gasteiger partial charge < -0.3 is 30.5 Å². The quantitative estimate of drug-likeness (QED) is 0.0913. The molecule has 5 aliphatic rings. The lowest BCUT2D eigenvalue weighted by atomic mass is 9.94. The molecule has 1 atom stereocenters. The molecule has 0 radical (unpaired) electrons. The highest BCUT2D eigenvalue weighted by Crippen LogP contribution is 2.38. The summed E-state index contributed by atoms with van der Waals surface area (Å²) in [5.74, 6) is -0.190. The second-order valence-corrected chi connectivity index (χ2v) is 19.8. The molecule has 1 unspecified atom stereocenters. The number of carbonyl (C=O) groups excluding carboxylic acids is 4. The van der Waals surface area contributed by atoms with Crippen LogP contribution in [0.25, 0.3) is 0 Å². The van der Waals surface area contributed by atoms with Crippen molar-refractivity contribution in [2.75, 3.05) is 102 Å². The van der Waals surface area contributed by atoms with Crippen molar-refractivity contribution in [2.24, 2.45) is 21.6 Å². The SMILES string of the molecule is C=N/C=C(/Cl)C(=Nc1ccc(N2CCC(N3CCN(CC4CCN(c5cccc6c5C(=O)N(C5CCC(=O)NC5=O)C6=O)CC4)CC3)CC2)cc1OC)Nc1ccccc1P(C)C.CN. The highest BCUT2D eigenvalue weighted by atomic mass is 35.5. The van der Waals surface area contributed by atoms with E-state index in [0.29, 0.717) is 45.4 Å². The first-order valence-corrected chi connectivity index (χ1v) is 25.1. The number of nitrogens with two attached hydrogens (primary N) is 1. The summed E-state index contributed by atoms with van der Waals surface area (Å²) < 4.78 is 5.87. The molecule has 5 aliphatic heterocycles. The third-order valence-electron chi connectivity index (χ3n) is 13.1. The Hall–Kier alpha value is -5.18. The smallest absolute Gasteiger partial charge is 0.264 e. The summed E-state index contributed by atoms with van der Waals surface area (Å²) in [5.41, 5.74) is 8.70. The second-order valence-electron chi connectivity index (χ2n) is 17.1. The van der Waals surface area contributed by atoms with Crippen molar-refractivity contribution >= 4 is 83.8 Å². The van der Waals surface area contributed by atoms with Crippen LogP contribution in [0.15, 0.2) is 81.9 Å². The molecule has 0 spiro atoms. The number of amides is 4. The molecule has 3 aromatic rings. The van der Waals surface area contributed by atoms with E-state index in [2.05, 4.69) is 79.2 Å². The van der Waals surface area contributed by atoms with Gasteiger partial charge in [-0.15, -0.1) is 0 Å². The minimum absolute atomic E-state index is 0.100. The van der Waals surface area contributed by atoms with Crippen LogP contribution in [0.1, 0.15) is 59.2 Å². The van der Waals surface area contributed by atoms with E-state index in [1.165, 1.54) is 18.6 Å². The summed E-state index contributed by atoms with van der Waals surface area (Å²) in [6.07, 6.45) is 5.94. The number of hydrogen-bond donors (Lipinski definition) is 3. The van der Waals surface area contributed by atoms with Gasteiger partial charge in [0, 0.05) is 95.0 Å². The van der Waals surface area contributed by atoms with Crippen LogP contribution in [0.3, 0.4) is 0 Å². The van der Waals surface area contributed by atoms with E-state index in [1.54, 1.807) is 13.2 Å². The van der Waals surface area contributed by atoms with Crippen LogP contribution < -0.4 is 36.2 Å². The summed E-state index contributed by atoms with van der Waals surface area (Å²) in [4.78, 5) is 71.2. The molecule has 0 saturated carbocycles. The number of halogens is 1. The molecule has 3 aromatic carbocycles. The van der Waals surface area contributed by atoms with E-state index in [1.807, 2.05) is 36.4 Å². The van der Waals surface area contributed by atoms with Gasteiger partial charge in [-0.05, 0) is 101 Å². The van der Waals surface area contributed by atoms with Gasteiger partial charge >= 0.3 is 0 Å². The fourth-order valence-electron chi connectivity index (χ4n) is 9.74. The number of carbonyl (C=O) groups is 4. The van der Waals surface area contributed by atoms with E-state index in [4.69, 9.17) is 21.3 Å². The van der Waals surface area contributed by atoms with Crippen LogP contribution in [-0.4, -0.2) is 149 Å². The van der Waals surface area contributed by atoms with E-state index >= 15 is 0 Å². The Balaban J connectivity index is 0.00000311. The Bertz CT molecular complexity index is 2300. The van der Waals surface area contributed by atoms with Crippen molar-refractivity contribution in [3.63, 3.8) is 0 Å². The van der Waals surface area contributed by atoms with Crippen LogP contribution in [-0.2, 0) is 9.59 Å². The van der Waals surface area contributed by atoms with Crippen LogP contribution in [0.4, 0.5) is 22.7 Å². The number of imide groups is 2. The minimum Gasteiger partial charge on any atom is -0.494 e. The highest BCUT2D eigenvalue weighted by Gasteiger charge is 2.46. The Morgan fingerprint density at radius 1 is 0.892 bits per heavy atom. The van der Waals surface area contributed by atoms with Crippen molar-refractivity contribution < 1.29 is 23.9 Å². The minimum atomic E-state index is -0.969. The number of fused-ring (bicyclic) bond motifs is 1. The first kappa shape index (κ1) is 47.8. The van der Waals surface area contributed by atoms with Gasteiger partial charge in [0.2, 0.25) is 11.8 Å². The first-order chi connectivity index (χ1) is 31.5. The van der Waals surface area contributed by atoms with Gasteiger partial charge in [0.05, 0.1) is 23.9 Å². The molecule has 0 aliphatic carbocycles. The Labute approximate surface area is 388 Å². The number of nitrogens with one attached hydrogen (secondary N) is 2. The van der Waals surface area contributed by atoms with Crippen molar-refractivity contribution in [1.82, 2.24) is 20.0 Å². The van der Waals surface area contributed by atoms with E-state index < -0.39 is 23.8 Å². The zero-order valence-electron chi connectivity index (χ0n) is 38.0. The van der Waals surface area contributed by atoms with Gasteiger partial charge in [-0.25, -0.2) is 4.99 Å². The van der Waals surface area contributed by atoms with Crippen LogP contribution in [0, 0.1) is 5.92 Å². The molecule has 4 amide bonds. The average molecular weight is 926 g/mol. The lowest BCUT2D eigenvalue weighted by Gasteiger charge is -2.44. The largest absolute Gasteiger partial charge is 0.494 e. The zero-order valence-corrected chi connectivity index (χ0v) is 39.6. The molecule has 15 nitrogen and oxygen atoms in total. The molecule has 65 heavy (non-hydrogen) atoms. The Morgan fingerprint density at radius 3 is 2.28 bits per heavy atom. The maximum absolute atomic E-state index is 13.7. The first-order valence-electron chi connectivity index (χ1n) is 22.5. The van der Waals surface area contributed by atoms with E-state index in [9.17, 15) is 19.2 Å². The average Bonchev–Trinajstić information content (AvgIpc) is 3.58. The lowest BCUT2D eigenvalue weighted by Crippen LogP contribution is -2.54. The van der Waals surface area contributed by atoms with Crippen molar-refractivity contribution in [1.29, 1.82) is 0 Å². The van der Waals surface area contributed by atoms with Gasteiger partial charge in [-0.1, -0.05) is 43.8 Å². The van der Waals surface area contributed by atoms with E-state index in [0.717, 1.165) is 107 Å². The number of hydrogen-bond acceptors (Lipinski definition) is 12. The number of amidine groups is 1. The maximum atomic E-state index is 13.7. The summed E-state index contributed by atoms with van der Waals surface area (Å²) in [6.45, 7) is 16.9. The monoisotopic (exact) mass is 924 g/mol. The molecule has 8 rings (SSSR count). The number of para-hydroxylation sites is 1. The predicted molar refractivity (Wildman–Crippen MR) is 263 cm³/mol. The zero-order chi connectivity index (χ0) is 46.2. The van der Waals surface area contributed by atoms with Gasteiger partial charge in [0.25, 0.3) is 11.8 Å². The molecule has 4 N–H and O–H groups in total. The molecule has 17 heteroatoms. The normalized spacial score (nSPS) is 20.7. The predicted octanol–water partition coefficient (Wildman–Crippen LogP) is 5.46. The highest BCUT2D eigenvalue weighted by molar-refractivity contribution is 7.64. The number of piperidine rings is 3. The molecule has 5 heterocycles. The van der Waals surface area contributed by atoms with Crippen LogP contribution >= 0.6 is 19.5 Å².